The summed E-state index contributed by atoms with van der Waals surface area (Å²) in [5, 5.41) is 3.21. The molecule has 0 fully saturated rings. The van der Waals surface area contributed by atoms with Gasteiger partial charge in [-0.05, 0) is 12.1 Å². The Bertz CT molecular complexity index is 471. The monoisotopic (exact) mass is 261 g/mol. The standard InChI is InChI=1S/C14H19N3O2/c1-18-11-8-16-14-15-7-9-17(14)10-12-19-13-5-3-2-4-6-13/h2-7,9H,8,10-12H2,1H3,(H,15,16). The van der Waals surface area contributed by atoms with Crippen molar-refractivity contribution in [1.82, 2.24) is 9.55 Å². The number of methoxy groups -OCH3 is 1. The van der Waals surface area contributed by atoms with Gasteiger partial charge in [0.05, 0.1) is 13.2 Å². The Morgan fingerprint density at radius 2 is 2.05 bits per heavy atom. The molecule has 1 N–H and O–H groups in total. The fourth-order valence-corrected chi connectivity index (χ4v) is 1.70. The van der Waals surface area contributed by atoms with Crippen LogP contribution in [0, 0.1) is 0 Å². The number of hydrogen-bond acceptors (Lipinski definition) is 4. The van der Waals surface area contributed by atoms with Crippen molar-refractivity contribution in [2.75, 3.05) is 32.2 Å². The molecular weight excluding hydrogens is 242 g/mol. The number of imidazole rings is 1. The highest BCUT2D eigenvalue weighted by Gasteiger charge is 2.01. The predicted octanol–water partition coefficient (Wildman–Crippen LogP) is 2.02. The molecule has 19 heavy (non-hydrogen) atoms. The van der Waals surface area contributed by atoms with Gasteiger partial charge in [-0.25, -0.2) is 4.98 Å². The van der Waals surface area contributed by atoms with Crippen molar-refractivity contribution in [2.45, 2.75) is 6.54 Å². The van der Waals surface area contributed by atoms with Gasteiger partial charge in [0.25, 0.3) is 0 Å². The van der Waals surface area contributed by atoms with Crippen LogP contribution in [0.15, 0.2) is 42.7 Å². The summed E-state index contributed by atoms with van der Waals surface area (Å²) in [7, 11) is 1.68. The molecule has 1 aromatic carbocycles. The van der Waals surface area contributed by atoms with Gasteiger partial charge < -0.3 is 19.4 Å². The number of para-hydroxylation sites is 1. The summed E-state index contributed by atoms with van der Waals surface area (Å²) in [6, 6.07) is 9.80. The van der Waals surface area contributed by atoms with Crippen LogP contribution in [0.1, 0.15) is 0 Å². The van der Waals surface area contributed by atoms with Crippen LogP contribution >= 0.6 is 0 Å². The van der Waals surface area contributed by atoms with Crippen LogP contribution in [0.3, 0.4) is 0 Å². The minimum absolute atomic E-state index is 0.610. The third kappa shape index (κ3) is 4.30. The molecule has 0 radical (unpaired) electrons. The topological polar surface area (TPSA) is 48.3 Å². The molecule has 102 valence electrons. The summed E-state index contributed by atoms with van der Waals surface area (Å²) < 4.78 is 12.7. The average Bonchev–Trinajstić information content (AvgIpc) is 2.88. The van der Waals surface area contributed by atoms with Crippen LogP contribution in [0.2, 0.25) is 0 Å². The van der Waals surface area contributed by atoms with Gasteiger partial charge in [-0.3, -0.25) is 0 Å². The molecule has 1 aromatic heterocycles. The van der Waals surface area contributed by atoms with Crippen LogP contribution in [0.4, 0.5) is 5.95 Å². The summed E-state index contributed by atoms with van der Waals surface area (Å²) >= 11 is 0. The molecule has 0 saturated heterocycles. The molecule has 1 heterocycles. The second kappa shape index (κ2) is 7.43. The second-order valence-corrected chi connectivity index (χ2v) is 4.03. The van der Waals surface area contributed by atoms with E-state index in [2.05, 4.69) is 10.3 Å². The normalized spacial score (nSPS) is 10.4. The van der Waals surface area contributed by atoms with Gasteiger partial charge in [-0.15, -0.1) is 0 Å². The highest BCUT2D eigenvalue weighted by molar-refractivity contribution is 5.25. The van der Waals surface area contributed by atoms with Crippen LogP contribution in [0.5, 0.6) is 5.75 Å². The number of rotatable bonds is 8. The maximum absolute atomic E-state index is 5.66. The van der Waals surface area contributed by atoms with Crippen LogP contribution in [-0.4, -0.2) is 36.4 Å². The Morgan fingerprint density at radius 1 is 1.21 bits per heavy atom. The first-order valence-corrected chi connectivity index (χ1v) is 6.32. The lowest BCUT2D eigenvalue weighted by Gasteiger charge is -2.10. The first kappa shape index (κ1) is 13.4. The molecule has 5 heteroatoms. The number of aromatic nitrogens is 2. The second-order valence-electron chi connectivity index (χ2n) is 4.03. The van der Waals surface area contributed by atoms with E-state index in [0.717, 1.165) is 24.8 Å². The molecule has 5 nitrogen and oxygen atoms in total. The number of ether oxygens (including phenoxy) is 2. The van der Waals surface area contributed by atoms with Crippen LogP contribution < -0.4 is 10.1 Å². The zero-order valence-corrected chi connectivity index (χ0v) is 11.1. The fourth-order valence-electron chi connectivity index (χ4n) is 1.70. The van der Waals surface area contributed by atoms with E-state index in [1.165, 1.54) is 0 Å². The van der Waals surface area contributed by atoms with Crippen molar-refractivity contribution in [3.8, 4) is 5.75 Å². The van der Waals surface area contributed by atoms with E-state index in [0.29, 0.717) is 13.2 Å². The zero-order valence-electron chi connectivity index (χ0n) is 11.1. The van der Waals surface area contributed by atoms with Crippen molar-refractivity contribution < 1.29 is 9.47 Å². The SMILES string of the molecule is COCCNc1nccn1CCOc1ccccc1. The Kier molecular flexibility index (Phi) is 5.25. The first-order valence-electron chi connectivity index (χ1n) is 6.32. The Balaban J connectivity index is 1.78. The van der Waals surface area contributed by atoms with Gasteiger partial charge in [0.2, 0.25) is 5.95 Å². The van der Waals surface area contributed by atoms with Crippen molar-refractivity contribution in [1.29, 1.82) is 0 Å². The number of benzene rings is 1. The van der Waals surface area contributed by atoms with E-state index in [1.807, 2.05) is 41.1 Å². The lowest BCUT2D eigenvalue weighted by Crippen LogP contribution is -2.14. The van der Waals surface area contributed by atoms with Gasteiger partial charge in [0, 0.05) is 26.0 Å². The van der Waals surface area contributed by atoms with Crippen molar-refractivity contribution in [3.63, 3.8) is 0 Å². The summed E-state index contributed by atoms with van der Waals surface area (Å²) in [4.78, 5) is 4.25. The number of hydrogen-bond donors (Lipinski definition) is 1. The highest BCUT2D eigenvalue weighted by atomic mass is 16.5. The van der Waals surface area contributed by atoms with Gasteiger partial charge in [-0.1, -0.05) is 18.2 Å². The van der Waals surface area contributed by atoms with E-state index in [9.17, 15) is 0 Å². The maximum Gasteiger partial charge on any atom is 0.202 e. The number of anilines is 1. The predicted molar refractivity (Wildman–Crippen MR) is 74.5 cm³/mol. The zero-order chi connectivity index (χ0) is 13.3. The van der Waals surface area contributed by atoms with Crippen LogP contribution in [-0.2, 0) is 11.3 Å². The summed E-state index contributed by atoms with van der Waals surface area (Å²) in [6.45, 7) is 2.77. The molecule has 0 saturated carbocycles. The quantitative estimate of drug-likeness (QED) is 0.739. The van der Waals surface area contributed by atoms with E-state index >= 15 is 0 Å². The molecule has 0 aliphatic rings. The Labute approximate surface area is 113 Å². The van der Waals surface area contributed by atoms with Crippen molar-refractivity contribution >= 4 is 5.95 Å². The van der Waals surface area contributed by atoms with Gasteiger partial charge in [0.1, 0.15) is 12.4 Å². The molecule has 0 atom stereocenters. The van der Waals surface area contributed by atoms with E-state index in [1.54, 1.807) is 13.3 Å². The lowest BCUT2D eigenvalue weighted by molar-refractivity contribution is 0.210. The first-order chi connectivity index (χ1) is 9.40. The molecule has 2 rings (SSSR count). The average molecular weight is 261 g/mol. The maximum atomic E-state index is 5.66. The third-order valence-electron chi connectivity index (χ3n) is 2.65. The highest BCUT2D eigenvalue weighted by Crippen LogP contribution is 2.09. The van der Waals surface area contributed by atoms with Crippen LogP contribution in [0.25, 0.3) is 0 Å². The molecule has 0 aliphatic heterocycles. The number of nitrogens with zero attached hydrogens (tertiary/aromatic N) is 2. The molecular formula is C14H19N3O2. The third-order valence-corrected chi connectivity index (χ3v) is 2.65. The summed E-state index contributed by atoms with van der Waals surface area (Å²) in [5.41, 5.74) is 0. The van der Waals surface area contributed by atoms with Gasteiger partial charge >= 0.3 is 0 Å². The molecule has 0 spiro atoms. The number of nitrogens with one attached hydrogen (secondary N) is 1. The summed E-state index contributed by atoms with van der Waals surface area (Å²) in [5.74, 6) is 1.73. The Hall–Kier alpha value is -2.01. The minimum atomic E-state index is 0.610. The van der Waals surface area contributed by atoms with E-state index < -0.39 is 0 Å². The smallest absolute Gasteiger partial charge is 0.202 e. The van der Waals surface area contributed by atoms with E-state index in [4.69, 9.17) is 9.47 Å². The fraction of sp³-hybridized carbons (Fsp3) is 0.357. The molecule has 0 unspecified atom stereocenters. The van der Waals surface area contributed by atoms with Crippen molar-refractivity contribution in [3.05, 3.63) is 42.7 Å². The largest absolute Gasteiger partial charge is 0.492 e. The molecule has 0 aliphatic carbocycles. The molecule has 0 bridgehead atoms. The lowest BCUT2D eigenvalue weighted by atomic mass is 10.3. The van der Waals surface area contributed by atoms with E-state index in [-0.39, 0.29) is 0 Å². The molecule has 0 amide bonds. The minimum Gasteiger partial charge on any atom is -0.492 e. The van der Waals surface area contributed by atoms with Gasteiger partial charge in [0.15, 0.2) is 0 Å². The summed E-state index contributed by atoms with van der Waals surface area (Å²) in [6.07, 6.45) is 3.71. The van der Waals surface area contributed by atoms with Crippen molar-refractivity contribution in [2.24, 2.45) is 0 Å². The van der Waals surface area contributed by atoms with Gasteiger partial charge in [-0.2, -0.15) is 0 Å². The molecule has 2 aromatic rings. The Morgan fingerprint density at radius 3 is 2.84 bits per heavy atom.